The number of carbonyl (C=O) groups is 1. The van der Waals surface area contributed by atoms with Gasteiger partial charge in [0, 0.05) is 18.2 Å². The number of nitrogens with two attached hydrogens (primary N) is 1. The lowest BCUT2D eigenvalue weighted by atomic mass is 10.1. The number of halogens is 1. The summed E-state index contributed by atoms with van der Waals surface area (Å²) in [5, 5.41) is 2.94. The molecular formula is C16H27ClN2O4. The first-order valence-corrected chi connectivity index (χ1v) is 7.42. The van der Waals surface area contributed by atoms with E-state index in [2.05, 4.69) is 12.2 Å². The minimum absolute atomic E-state index is 0. The van der Waals surface area contributed by atoms with E-state index in [4.69, 9.17) is 19.9 Å². The fraction of sp³-hybridized carbons (Fsp3) is 0.562. The van der Waals surface area contributed by atoms with Crippen molar-refractivity contribution in [2.45, 2.75) is 32.2 Å². The number of nitrogens with one attached hydrogen (secondary N) is 1. The lowest BCUT2D eigenvalue weighted by molar-refractivity contribution is 0.0935. The quantitative estimate of drug-likeness (QED) is 0.717. The van der Waals surface area contributed by atoms with Crippen LogP contribution in [0.5, 0.6) is 17.2 Å². The van der Waals surface area contributed by atoms with Gasteiger partial charge in [0.25, 0.3) is 5.91 Å². The molecule has 0 saturated heterocycles. The van der Waals surface area contributed by atoms with Crippen LogP contribution < -0.4 is 25.3 Å². The fourth-order valence-electron chi connectivity index (χ4n) is 2.18. The van der Waals surface area contributed by atoms with Gasteiger partial charge in [-0.15, -0.1) is 12.4 Å². The van der Waals surface area contributed by atoms with Gasteiger partial charge in [-0.05, 0) is 18.6 Å². The van der Waals surface area contributed by atoms with Crippen molar-refractivity contribution in [2.24, 2.45) is 5.73 Å². The number of amides is 1. The minimum Gasteiger partial charge on any atom is -0.493 e. The number of carbonyl (C=O) groups excluding carboxylic acids is 1. The Morgan fingerprint density at radius 3 is 2.13 bits per heavy atom. The van der Waals surface area contributed by atoms with Gasteiger partial charge in [-0.1, -0.05) is 19.8 Å². The molecule has 1 atom stereocenters. The summed E-state index contributed by atoms with van der Waals surface area (Å²) in [6.07, 6.45) is 2.96. The molecule has 0 bridgehead atoms. The van der Waals surface area contributed by atoms with Gasteiger partial charge in [0.1, 0.15) is 0 Å². The van der Waals surface area contributed by atoms with Crippen LogP contribution >= 0.6 is 12.4 Å². The van der Waals surface area contributed by atoms with Gasteiger partial charge >= 0.3 is 0 Å². The molecule has 7 heteroatoms. The molecule has 0 fully saturated rings. The van der Waals surface area contributed by atoms with E-state index < -0.39 is 0 Å². The highest BCUT2D eigenvalue weighted by atomic mass is 35.5. The van der Waals surface area contributed by atoms with Crippen molar-refractivity contribution in [3.8, 4) is 17.2 Å². The van der Waals surface area contributed by atoms with Gasteiger partial charge in [-0.2, -0.15) is 0 Å². The largest absolute Gasteiger partial charge is 0.493 e. The zero-order chi connectivity index (χ0) is 16.5. The molecule has 0 aliphatic carbocycles. The average molecular weight is 347 g/mol. The van der Waals surface area contributed by atoms with Crippen LogP contribution in [-0.4, -0.2) is 39.8 Å². The molecule has 0 heterocycles. The molecule has 0 radical (unpaired) electrons. The second kappa shape index (κ2) is 11.0. The lowest BCUT2D eigenvalue weighted by Gasteiger charge is -2.18. The molecule has 1 aromatic rings. The smallest absolute Gasteiger partial charge is 0.251 e. The van der Waals surface area contributed by atoms with Crippen molar-refractivity contribution in [2.75, 3.05) is 27.9 Å². The van der Waals surface area contributed by atoms with Crippen LogP contribution in [0.25, 0.3) is 0 Å². The predicted molar refractivity (Wildman–Crippen MR) is 93.2 cm³/mol. The van der Waals surface area contributed by atoms with Crippen LogP contribution in [0.3, 0.4) is 0 Å². The van der Waals surface area contributed by atoms with Crippen molar-refractivity contribution >= 4 is 18.3 Å². The van der Waals surface area contributed by atoms with Gasteiger partial charge in [0.2, 0.25) is 5.75 Å². The maximum absolute atomic E-state index is 12.4. The second-order valence-corrected chi connectivity index (χ2v) is 4.96. The second-order valence-electron chi connectivity index (χ2n) is 4.96. The van der Waals surface area contributed by atoms with Crippen molar-refractivity contribution in [3.05, 3.63) is 17.7 Å². The number of rotatable bonds is 9. The molecule has 3 N–H and O–H groups in total. The van der Waals surface area contributed by atoms with Crippen LogP contribution in [0.2, 0.25) is 0 Å². The number of hydrogen-bond donors (Lipinski definition) is 2. The Bertz CT molecular complexity index is 472. The summed E-state index contributed by atoms with van der Waals surface area (Å²) in [5.41, 5.74) is 6.16. The van der Waals surface area contributed by atoms with E-state index in [1.807, 2.05) is 0 Å². The number of hydrogen-bond acceptors (Lipinski definition) is 5. The number of benzene rings is 1. The number of ether oxygens (including phenoxy) is 3. The molecule has 0 aliphatic heterocycles. The molecule has 132 valence electrons. The van der Waals surface area contributed by atoms with Crippen LogP contribution in [-0.2, 0) is 0 Å². The van der Waals surface area contributed by atoms with Crippen molar-refractivity contribution in [3.63, 3.8) is 0 Å². The van der Waals surface area contributed by atoms with Gasteiger partial charge in [0.05, 0.1) is 21.3 Å². The maximum atomic E-state index is 12.4. The van der Waals surface area contributed by atoms with Crippen LogP contribution in [0, 0.1) is 0 Å². The molecule has 1 rings (SSSR count). The van der Waals surface area contributed by atoms with Gasteiger partial charge in [-0.25, -0.2) is 0 Å². The normalized spacial score (nSPS) is 11.2. The Morgan fingerprint density at radius 1 is 1.17 bits per heavy atom. The minimum atomic E-state index is -0.203. The fourth-order valence-corrected chi connectivity index (χ4v) is 2.18. The maximum Gasteiger partial charge on any atom is 0.251 e. The number of unbranched alkanes of at least 4 members (excludes halogenated alkanes) is 1. The Morgan fingerprint density at radius 2 is 1.74 bits per heavy atom. The molecule has 1 aromatic carbocycles. The van der Waals surface area contributed by atoms with E-state index in [9.17, 15) is 4.79 Å². The first-order valence-electron chi connectivity index (χ1n) is 7.42. The highest BCUT2D eigenvalue weighted by Crippen LogP contribution is 2.38. The van der Waals surface area contributed by atoms with Gasteiger partial charge in [-0.3, -0.25) is 4.79 Å². The van der Waals surface area contributed by atoms with Crippen molar-refractivity contribution in [1.82, 2.24) is 5.32 Å². The summed E-state index contributed by atoms with van der Waals surface area (Å²) in [5.74, 6) is 1.16. The van der Waals surface area contributed by atoms with Crippen molar-refractivity contribution in [1.29, 1.82) is 0 Å². The molecule has 1 amide bonds. The molecule has 1 unspecified atom stereocenters. The average Bonchev–Trinajstić information content (AvgIpc) is 2.56. The first-order chi connectivity index (χ1) is 10.6. The van der Waals surface area contributed by atoms with Crippen LogP contribution in [0.15, 0.2) is 12.1 Å². The van der Waals surface area contributed by atoms with E-state index in [1.54, 1.807) is 12.1 Å². The zero-order valence-electron chi connectivity index (χ0n) is 14.2. The molecule has 0 aromatic heterocycles. The summed E-state index contributed by atoms with van der Waals surface area (Å²) >= 11 is 0. The first kappa shape index (κ1) is 21.3. The Balaban J connectivity index is 0.00000484. The Hall–Kier alpha value is -1.66. The summed E-state index contributed by atoms with van der Waals surface area (Å²) in [4.78, 5) is 12.4. The molecule has 0 aliphatic rings. The summed E-state index contributed by atoms with van der Waals surface area (Å²) in [6, 6.07) is 3.22. The van der Waals surface area contributed by atoms with Gasteiger partial charge < -0.3 is 25.3 Å². The summed E-state index contributed by atoms with van der Waals surface area (Å²) in [6.45, 7) is 2.52. The number of methoxy groups -OCH3 is 3. The van der Waals surface area contributed by atoms with E-state index >= 15 is 0 Å². The highest BCUT2D eigenvalue weighted by Gasteiger charge is 2.18. The lowest BCUT2D eigenvalue weighted by Crippen LogP contribution is -2.40. The molecule has 6 nitrogen and oxygen atoms in total. The Kier molecular flexibility index (Phi) is 10.2. The van der Waals surface area contributed by atoms with Crippen LogP contribution in [0.4, 0.5) is 0 Å². The topological polar surface area (TPSA) is 82.8 Å². The van der Waals surface area contributed by atoms with E-state index in [-0.39, 0.29) is 24.4 Å². The highest BCUT2D eigenvalue weighted by molar-refractivity contribution is 5.95. The van der Waals surface area contributed by atoms with E-state index in [0.29, 0.717) is 29.4 Å². The summed E-state index contributed by atoms with van der Waals surface area (Å²) in [7, 11) is 4.56. The zero-order valence-corrected chi connectivity index (χ0v) is 15.0. The van der Waals surface area contributed by atoms with Crippen LogP contribution in [0.1, 0.15) is 36.5 Å². The monoisotopic (exact) mass is 346 g/mol. The van der Waals surface area contributed by atoms with E-state index in [1.165, 1.54) is 21.3 Å². The third-order valence-electron chi connectivity index (χ3n) is 3.45. The predicted octanol–water partition coefficient (Wildman–Crippen LogP) is 2.38. The Labute approximate surface area is 144 Å². The SMILES string of the molecule is CCCCC(CN)NC(=O)c1cc(OC)c(OC)c(OC)c1.Cl. The van der Waals surface area contributed by atoms with Gasteiger partial charge in [0.15, 0.2) is 11.5 Å². The third-order valence-corrected chi connectivity index (χ3v) is 3.45. The van der Waals surface area contributed by atoms with E-state index in [0.717, 1.165) is 19.3 Å². The third kappa shape index (κ3) is 5.80. The summed E-state index contributed by atoms with van der Waals surface area (Å²) < 4.78 is 15.8. The molecular weight excluding hydrogens is 320 g/mol. The molecule has 0 saturated carbocycles. The standard InChI is InChI=1S/C16H26N2O4.ClH/c1-5-6-7-12(10-17)18-16(19)11-8-13(20-2)15(22-4)14(9-11)21-3;/h8-9,12H,5-7,10,17H2,1-4H3,(H,18,19);1H. The van der Waals surface area contributed by atoms with Crippen molar-refractivity contribution < 1.29 is 19.0 Å². The molecule has 0 spiro atoms. The molecule has 23 heavy (non-hydrogen) atoms.